The van der Waals surface area contributed by atoms with Crippen LogP contribution in [0.1, 0.15) is 23.6 Å². The summed E-state index contributed by atoms with van der Waals surface area (Å²) >= 11 is 0. The molecule has 41 heavy (non-hydrogen) atoms. The molecular weight excluding hydrogens is 516 g/mol. The highest BCUT2D eigenvalue weighted by Crippen LogP contribution is 2.35. The molecule has 208 valence electrons. The number of ether oxygens (including phenoxy) is 1. The third-order valence-corrected chi connectivity index (χ3v) is 7.76. The van der Waals surface area contributed by atoms with Gasteiger partial charge < -0.3 is 24.8 Å². The number of benzene rings is 3. The molecule has 3 amide bonds. The highest BCUT2D eigenvalue weighted by Gasteiger charge is 2.37. The van der Waals surface area contributed by atoms with Crippen LogP contribution >= 0.6 is 0 Å². The van der Waals surface area contributed by atoms with Crippen molar-refractivity contribution in [3.63, 3.8) is 0 Å². The number of carbonyl (C=O) groups is 2. The summed E-state index contributed by atoms with van der Waals surface area (Å²) in [7, 11) is 0. The number of carbonyl (C=O) groups excluding carboxylic acids is 2. The van der Waals surface area contributed by atoms with Gasteiger partial charge in [-0.1, -0.05) is 54.6 Å². The Hall–Kier alpha value is -4.85. The zero-order valence-corrected chi connectivity index (χ0v) is 22.6. The van der Waals surface area contributed by atoms with Gasteiger partial charge in [-0.2, -0.15) is 0 Å². The van der Waals surface area contributed by atoms with Gasteiger partial charge in [-0.3, -0.25) is 9.59 Å². The van der Waals surface area contributed by atoms with Crippen molar-refractivity contribution in [2.24, 2.45) is 5.92 Å². The van der Waals surface area contributed by atoms with Gasteiger partial charge in [0, 0.05) is 49.4 Å². The third kappa shape index (κ3) is 6.17. The van der Waals surface area contributed by atoms with Crippen molar-refractivity contribution < 1.29 is 14.3 Å². The second kappa shape index (κ2) is 11.7. The first-order valence-electron chi connectivity index (χ1n) is 13.9. The molecule has 0 spiro atoms. The van der Waals surface area contributed by atoms with Crippen LogP contribution in [0.15, 0.2) is 108 Å². The minimum absolute atomic E-state index is 0.00867. The number of likely N-dealkylation sites (tertiary alicyclic amines) is 1. The Labute approximate surface area is 238 Å². The molecular formula is C33H32N4O4. The molecule has 8 heteroatoms. The summed E-state index contributed by atoms with van der Waals surface area (Å²) in [5, 5.41) is 5.96. The lowest BCUT2D eigenvalue weighted by Crippen LogP contribution is -2.55. The quantitative estimate of drug-likeness (QED) is 0.339. The van der Waals surface area contributed by atoms with E-state index in [1.807, 2.05) is 71.3 Å². The number of amides is 3. The summed E-state index contributed by atoms with van der Waals surface area (Å²) < 4.78 is 7.69. The van der Waals surface area contributed by atoms with Gasteiger partial charge in [0.05, 0.1) is 0 Å². The number of pyridine rings is 1. The van der Waals surface area contributed by atoms with Crippen LogP contribution in [-0.4, -0.2) is 40.5 Å². The lowest BCUT2D eigenvalue weighted by atomic mass is 9.83. The number of rotatable bonds is 7. The Bertz CT molecular complexity index is 1570. The molecule has 3 heterocycles. The lowest BCUT2D eigenvalue weighted by Gasteiger charge is -2.43. The second-order valence-corrected chi connectivity index (χ2v) is 10.7. The summed E-state index contributed by atoms with van der Waals surface area (Å²) in [6, 6.07) is 30.6. The number of urea groups is 1. The molecule has 1 fully saturated rings. The Morgan fingerprint density at radius 2 is 1.51 bits per heavy atom. The Morgan fingerprint density at radius 3 is 2.27 bits per heavy atom. The van der Waals surface area contributed by atoms with Crippen molar-refractivity contribution >= 4 is 17.6 Å². The highest BCUT2D eigenvalue weighted by molar-refractivity contribution is 5.97. The molecule has 2 N–H and O–H groups in total. The van der Waals surface area contributed by atoms with Crippen LogP contribution in [-0.2, 0) is 17.8 Å². The van der Waals surface area contributed by atoms with E-state index >= 15 is 0 Å². The van der Waals surface area contributed by atoms with E-state index in [4.69, 9.17) is 4.74 Å². The maximum atomic E-state index is 13.5. The Balaban J connectivity index is 1.14. The summed E-state index contributed by atoms with van der Waals surface area (Å²) in [5.41, 5.74) is 2.54. The molecule has 2 bridgehead atoms. The van der Waals surface area contributed by atoms with Crippen LogP contribution in [0.4, 0.5) is 10.5 Å². The molecule has 3 aromatic carbocycles. The van der Waals surface area contributed by atoms with Gasteiger partial charge in [0.15, 0.2) is 0 Å². The third-order valence-electron chi connectivity index (χ3n) is 7.76. The average Bonchev–Trinajstić information content (AvgIpc) is 2.99. The summed E-state index contributed by atoms with van der Waals surface area (Å²) in [4.78, 5) is 41.2. The number of anilines is 1. The average molecular weight is 549 g/mol. The zero-order valence-electron chi connectivity index (χ0n) is 22.6. The van der Waals surface area contributed by atoms with Crippen LogP contribution in [0.2, 0.25) is 0 Å². The maximum Gasteiger partial charge on any atom is 0.318 e. The highest BCUT2D eigenvalue weighted by atomic mass is 16.5. The van der Waals surface area contributed by atoms with Crippen LogP contribution < -0.4 is 20.9 Å². The van der Waals surface area contributed by atoms with E-state index in [2.05, 4.69) is 10.6 Å². The summed E-state index contributed by atoms with van der Waals surface area (Å²) in [6.45, 7) is 1.66. The molecule has 2 aliphatic rings. The van der Waals surface area contributed by atoms with E-state index in [-0.39, 0.29) is 29.3 Å². The fraction of sp³-hybridized carbons (Fsp3) is 0.242. The van der Waals surface area contributed by atoms with Crippen molar-refractivity contribution in [3.05, 3.63) is 125 Å². The van der Waals surface area contributed by atoms with Gasteiger partial charge in [-0.05, 0) is 60.4 Å². The number of hydrogen-bond acceptors (Lipinski definition) is 4. The number of piperidine rings is 1. The van der Waals surface area contributed by atoms with Crippen LogP contribution in [0.25, 0.3) is 0 Å². The number of aromatic nitrogens is 1. The van der Waals surface area contributed by atoms with Crippen molar-refractivity contribution in [2.75, 3.05) is 18.4 Å². The first-order valence-corrected chi connectivity index (χ1v) is 13.9. The number of nitrogens with zero attached hydrogens (tertiary/aromatic N) is 2. The molecule has 3 atom stereocenters. The summed E-state index contributed by atoms with van der Waals surface area (Å²) in [6.07, 6.45) is 1.30. The fourth-order valence-corrected chi connectivity index (χ4v) is 5.82. The SMILES string of the molecule is O=C(Nc1ccc(Oc2ccccc2)cc1)[C@H](Cc1ccccc1)NC(=O)N1C[C@H]2C[C@@H](C1)c1cccc(=O)n1C2. The molecule has 0 aliphatic carbocycles. The molecule has 4 aromatic rings. The Kier molecular flexibility index (Phi) is 7.54. The van der Waals surface area contributed by atoms with Crippen LogP contribution in [0, 0.1) is 5.92 Å². The van der Waals surface area contributed by atoms with Gasteiger partial charge >= 0.3 is 6.03 Å². The molecule has 6 rings (SSSR count). The van der Waals surface area contributed by atoms with E-state index in [1.54, 1.807) is 41.3 Å². The standard InChI is InChI=1S/C33H32N4O4/c38-31-13-7-12-30-25-18-24(21-37(30)31)20-36(22-25)33(40)35-29(19-23-8-3-1-4-9-23)32(39)34-26-14-16-28(17-15-26)41-27-10-5-2-6-11-27/h1-17,24-25,29H,18-22H2,(H,34,39)(H,35,40)/t24-,25+,29+/m1/s1. The Morgan fingerprint density at radius 1 is 0.805 bits per heavy atom. The molecule has 0 radical (unpaired) electrons. The van der Waals surface area contributed by atoms with Crippen molar-refractivity contribution in [2.45, 2.75) is 31.3 Å². The lowest BCUT2D eigenvalue weighted by molar-refractivity contribution is -0.118. The fourth-order valence-electron chi connectivity index (χ4n) is 5.82. The van der Waals surface area contributed by atoms with Crippen molar-refractivity contribution in [1.82, 2.24) is 14.8 Å². The minimum Gasteiger partial charge on any atom is -0.457 e. The number of fused-ring (bicyclic) bond motifs is 4. The van der Waals surface area contributed by atoms with Gasteiger partial charge in [0.2, 0.25) is 5.91 Å². The summed E-state index contributed by atoms with van der Waals surface area (Å²) in [5.74, 6) is 1.38. The van der Waals surface area contributed by atoms with E-state index in [1.165, 1.54) is 0 Å². The van der Waals surface area contributed by atoms with Crippen LogP contribution in [0.3, 0.4) is 0 Å². The molecule has 0 unspecified atom stereocenters. The second-order valence-electron chi connectivity index (χ2n) is 10.7. The molecule has 0 saturated carbocycles. The molecule has 2 aliphatic heterocycles. The van der Waals surface area contributed by atoms with Crippen molar-refractivity contribution in [3.8, 4) is 11.5 Å². The number of hydrogen-bond donors (Lipinski definition) is 2. The monoisotopic (exact) mass is 548 g/mol. The van der Waals surface area contributed by atoms with E-state index in [9.17, 15) is 14.4 Å². The number of para-hydroxylation sites is 1. The van der Waals surface area contributed by atoms with Gasteiger partial charge in [0.25, 0.3) is 5.56 Å². The predicted octanol–water partition coefficient (Wildman–Crippen LogP) is 5.02. The smallest absolute Gasteiger partial charge is 0.318 e. The van der Waals surface area contributed by atoms with Gasteiger partial charge in [-0.15, -0.1) is 0 Å². The largest absolute Gasteiger partial charge is 0.457 e. The van der Waals surface area contributed by atoms with Gasteiger partial charge in [-0.25, -0.2) is 4.79 Å². The van der Waals surface area contributed by atoms with E-state index in [0.717, 1.165) is 23.4 Å². The van der Waals surface area contributed by atoms with Crippen molar-refractivity contribution in [1.29, 1.82) is 0 Å². The normalized spacial score (nSPS) is 18.1. The molecule has 1 saturated heterocycles. The topological polar surface area (TPSA) is 92.7 Å². The first-order chi connectivity index (χ1) is 20.0. The first kappa shape index (κ1) is 26.4. The number of nitrogens with one attached hydrogen (secondary N) is 2. The minimum atomic E-state index is -0.776. The van der Waals surface area contributed by atoms with Gasteiger partial charge in [0.1, 0.15) is 17.5 Å². The zero-order chi connectivity index (χ0) is 28.2. The molecule has 1 aromatic heterocycles. The van der Waals surface area contributed by atoms with E-state index < -0.39 is 6.04 Å². The maximum absolute atomic E-state index is 13.5. The van der Waals surface area contributed by atoms with Crippen LogP contribution in [0.5, 0.6) is 11.5 Å². The van der Waals surface area contributed by atoms with E-state index in [0.29, 0.717) is 37.5 Å². The molecule has 8 nitrogen and oxygen atoms in total. The predicted molar refractivity (Wildman–Crippen MR) is 157 cm³/mol.